The fourth-order valence-electron chi connectivity index (χ4n) is 1.64. The van der Waals surface area contributed by atoms with Crippen molar-refractivity contribution in [2.24, 2.45) is 0 Å². The van der Waals surface area contributed by atoms with E-state index in [0.717, 1.165) is 4.47 Å². The van der Waals surface area contributed by atoms with Gasteiger partial charge in [0.05, 0.1) is 0 Å². The molecule has 0 saturated carbocycles. The molecule has 0 aliphatic rings. The molecule has 1 heterocycles. The molecule has 0 aliphatic heterocycles. The lowest BCUT2D eigenvalue weighted by Gasteiger charge is -2.20. The van der Waals surface area contributed by atoms with Crippen molar-refractivity contribution in [2.75, 3.05) is 10.6 Å². The Hall–Kier alpha value is -1.95. The molecule has 1 amide bonds. The number of halogens is 1. The number of carbonyl (C=O) groups is 1. The van der Waals surface area contributed by atoms with Crippen LogP contribution in [0.3, 0.4) is 0 Å². The molecule has 2 N–H and O–H groups in total. The van der Waals surface area contributed by atoms with Gasteiger partial charge in [0, 0.05) is 21.9 Å². The zero-order valence-corrected chi connectivity index (χ0v) is 13.7. The van der Waals surface area contributed by atoms with Gasteiger partial charge in [-0.1, -0.05) is 22.0 Å². The van der Waals surface area contributed by atoms with Crippen molar-refractivity contribution in [1.29, 1.82) is 0 Å². The SMILES string of the molecule is CC(C)(C)Nc1nccc(C(=O)Nc2cccc(Br)c2)n1. The molecule has 6 heteroatoms. The van der Waals surface area contributed by atoms with E-state index < -0.39 is 0 Å². The highest BCUT2D eigenvalue weighted by Crippen LogP contribution is 2.16. The van der Waals surface area contributed by atoms with Crippen LogP contribution in [-0.2, 0) is 0 Å². The Kier molecular flexibility index (Phi) is 4.57. The average molecular weight is 349 g/mol. The first-order valence-corrected chi connectivity index (χ1v) is 7.31. The van der Waals surface area contributed by atoms with Gasteiger partial charge in [0.2, 0.25) is 5.95 Å². The molecule has 2 aromatic rings. The predicted molar refractivity (Wildman–Crippen MR) is 87.5 cm³/mol. The third kappa shape index (κ3) is 4.82. The summed E-state index contributed by atoms with van der Waals surface area (Å²) in [5, 5.41) is 5.94. The summed E-state index contributed by atoms with van der Waals surface area (Å²) in [4.78, 5) is 20.5. The normalized spacial score (nSPS) is 11.0. The maximum absolute atomic E-state index is 12.2. The van der Waals surface area contributed by atoms with Gasteiger partial charge in [0.15, 0.2) is 0 Å². The van der Waals surface area contributed by atoms with Crippen LogP contribution in [0.5, 0.6) is 0 Å². The van der Waals surface area contributed by atoms with Crippen molar-refractivity contribution in [1.82, 2.24) is 9.97 Å². The zero-order valence-electron chi connectivity index (χ0n) is 12.1. The molecule has 110 valence electrons. The van der Waals surface area contributed by atoms with Crippen LogP contribution in [-0.4, -0.2) is 21.4 Å². The largest absolute Gasteiger partial charge is 0.350 e. The van der Waals surface area contributed by atoms with Crippen molar-refractivity contribution >= 4 is 33.5 Å². The first-order chi connectivity index (χ1) is 9.83. The van der Waals surface area contributed by atoms with Crippen LogP contribution in [0.15, 0.2) is 41.0 Å². The van der Waals surface area contributed by atoms with Gasteiger partial charge in [-0.2, -0.15) is 0 Å². The van der Waals surface area contributed by atoms with Crippen LogP contribution in [0.4, 0.5) is 11.6 Å². The molecule has 0 saturated heterocycles. The molecule has 5 nitrogen and oxygen atoms in total. The topological polar surface area (TPSA) is 66.9 Å². The van der Waals surface area contributed by atoms with Crippen LogP contribution in [0.2, 0.25) is 0 Å². The van der Waals surface area contributed by atoms with Gasteiger partial charge in [-0.15, -0.1) is 0 Å². The minimum absolute atomic E-state index is 0.167. The van der Waals surface area contributed by atoms with Crippen molar-refractivity contribution in [3.63, 3.8) is 0 Å². The van der Waals surface area contributed by atoms with Crippen LogP contribution >= 0.6 is 15.9 Å². The van der Waals surface area contributed by atoms with E-state index in [4.69, 9.17) is 0 Å². The van der Waals surface area contributed by atoms with Crippen LogP contribution in [0.25, 0.3) is 0 Å². The van der Waals surface area contributed by atoms with Gasteiger partial charge in [0.25, 0.3) is 5.91 Å². The molecule has 0 radical (unpaired) electrons. The highest BCUT2D eigenvalue weighted by molar-refractivity contribution is 9.10. The maximum Gasteiger partial charge on any atom is 0.274 e. The molecule has 0 fully saturated rings. The molecule has 0 atom stereocenters. The number of anilines is 2. The van der Waals surface area contributed by atoms with E-state index in [-0.39, 0.29) is 11.4 Å². The standard InChI is InChI=1S/C15H17BrN4O/c1-15(2,3)20-14-17-8-7-12(19-14)13(21)18-11-6-4-5-10(16)9-11/h4-9H,1-3H3,(H,18,21)(H,17,19,20). The van der Waals surface area contributed by atoms with Crippen molar-refractivity contribution < 1.29 is 4.79 Å². The Morgan fingerprint density at radius 2 is 2.00 bits per heavy atom. The number of hydrogen-bond donors (Lipinski definition) is 2. The van der Waals surface area contributed by atoms with E-state index >= 15 is 0 Å². The van der Waals surface area contributed by atoms with Gasteiger partial charge in [-0.3, -0.25) is 4.79 Å². The second-order valence-electron chi connectivity index (χ2n) is 5.60. The second-order valence-corrected chi connectivity index (χ2v) is 6.52. The van der Waals surface area contributed by atoms with Crippen LogP contribution in [0.1, 0.15) is 31.3 Å². The number of rotatable bonds is 3. The van der Waals surface area contributed by atoms with E-state index in [1.807, 2.05) is 45.0 Å². The van der Waals surface area contributed by atoms with Gasteiger partial charge in [-0.05, 0) is 45.0 Å². The molecule has 0 unspecified atom stereocenters. The minimum atomic E-state index is -0.271. The molecule has 0 aliphatic carbocycles. The van der Waals surface area contributed by atoms with Crippen molar-refractivity contribution in [3.8, 4) is 0 Å². The van der Waals surface area contributed by atoms with Crippen molar-refractivity contribution in [3.05, 3.63) is 46.7 Å². The summed E-state index contributed by atoms with van der Waals surface area (Å²) in [5.41, 5.74) is 0.856. The van der Waals surface area contributed by atoms with Gasteiger partial charge >= 0.3 is 0 Å². The summed E-state index contributed by atoms with van der Waals surface area (Å²) in [6.45, 7) is 6.01. The van der Waals surface area contributed by atoms with E-state index in [1.54, 1.807) is 12.3 Å². The van der Waals surface area contributed by atoms with Crippen molar-refractivity contribution in [2.45, 2.75) is 26.3 Å². The second kappa shape index (κ2) is 6.22. The summed E-state index contributed by atoms with van der Waals surface area (Å²) in [6, 6.07) is 8.98. The fraction of sp³-hybridized carbons (Fsp3) is 0.267. The number of amides is 1. The molecule has 1 aromatic heterocycles. The number of nitrogens with one attached hydrogen (secondary N) is 2. The molecular weight excluding hydrogens is 332 g/mol. The quantitative estimate of drug-likeness (QED) is 0.887. The number of nitrogens with zero attached hydrogens (tertiary/aromatic N) is 2. The average Bonchev–Trinajstić information content (AvgIpc) is 2.37. The number of aromatic nitrogens is 2. The maximum atomic E-state index is 12.2. The fourth-order valence-corrected chi connectivity index (χ4v) is 2.04. The zero-order chi connectivity index (χ0) is 15.5. The Bertz CT molecular complexity index is 652. The van der Waals surface area contributed by atoms with Gasteiger partial charge in [-0.25, -0.2) is 9.97 Å². The number of carbonyl (C=O) groups excluding carboxylic acids is 1. The summed E-state index contributed by atoms with van der Waals surface area (Å²) in [7, 11) is 0. The Balaban J connectivity index is 2.14. The first kappa shape index (κ1) is 15.4. The molecule has 21 heavy (non-hydrogen) atoms. The Labute approximate surface area is 132 Å². The number of benzene rings is 1. The smallest absolute Gasteiger partial charge is 0.274 e. The molecule has 2 rings (SSSR count). The minimum Gasteiger partial charge on any atom is -0.350 e. The summed E-state index contributed by atoms with van der Waals surface area (Å²) in [5.74, 6) is 0.164. The van der Waals surface area contributed by atoms with Crippen LogP contribution < -0.4 is 10.6 Å². The first-order valence-electron chi connectivity index (χ1n) is 6.52. The predicted octanol–water partition coefficient (Wildman–Crippen LogP) is 3.70. The lowest BCUT2D eigenvalue weighted by Crippen LogP contribution is -2.28. The Morgan fingerprint density at radius 3 is 2.67 bits per heavy atom. The van der Waals surface area contributed by atoms with E-state index in [9.17, 15) is 4.79 Å². The molecule has 0 bridgehead atoms. The summed E-state index contributed by atoms with van der Waals surface area (Å²) >= 11 is 3.37. The summed E-state index contributed by atoms with van der Waals surface area (Å²) < 4.78 is 0.901. The van der Waals surface area contributed by atoms with E-state index in [2.05, 4.69) is 36.5 Å². The van der Waals surface area contributed by atoms with Gasteiger partial charge < -0.3 is 10.6 Å². The highest BCUT2D eigenvalue weighted by Gasteiger charge is 2.14. The molecular formula is C15H17BrN4O. The van der Waals surface area contributed by atoms with E-state index in [1.165, 1.54) is 0 Å². The van der Waals surface area contributed by atoms with Crippen LogP contribution in [0, 0.1) is 0 Å². The Morgan fingerprint density at radius 1 is 1.24 bits per heavy atom. The van der Waals surface area contributed by atoms with E-state index in [0.29, 0.717) is 17.3 Å². The highest BCUT2D eigenvalue weighted by atomic mass is 79.9. The monoisotopic (exact) mass is 348 g/mol. The third-order valence-corrected chi connectivity index (χ3v) is 2.95. The molecule has 1 aromatic carbocycles. The van der Waals surface area contributed by atoms with Gasteiger partial charge in [0.1, 0.15) is 5.69 Å². The lowest BCUT2D eigenvalue weighted by atomic mass is 10.1. The lowest BCUT2D eigenvalue weighted by molar-refractivity contribution is 0.102. The number of hydrogen-bond acceptors (Lipinski definition) is 4. The summed E-state index contributed by atoms with van der Waals surface area (Å²) in [6.07, 6.45) is 1.57. The third-order valence-electron chi connectivity index (χ3n) is 2.46. The molecule has 0 spiro atoms.